The van der Waals surface area contributed by atoms with Crippen molar-refractivity contribution in [3.8, 4) is 11.3 Å². The number of fused-ring (bicyclic) bond motifs is 1. The number of ether oxygens (including phenoxy) is 1. The molecule has 0 bridgehead atoms. The first-order valence-corrected chi connectivity index (χ1v) is 12.5. The van der Waals surface area contributed by atoms with Crippen LogP contribution in [0.1, 0.15) is 21.7 Å². The van der Waals surface area contributed by atoms with E-state index in [-0.39, 0.29) is 22.1 Å². The van der Waals surface area contributed by atoms with E-state index in [2.05, 4.69) is 35.6 Å². The van der Waals surface area contributed by atoms with Crippen LogP contribution in [0.3, 0.4) is 0 Å². The molecule has 4 aromatic rings. The first kappa shape index (κ1) is 25.4. The monoisotopic (exact) mass is 507 g/mol. The molecule has 1 atom stereocenters. The minimum atomic E-state index is -0.466. The molecule has 1 aromatic carbocycles. The SMILES string of the molecule is CNC(=O)c1ccnc2c(CC(CNc3cc(-c4cnc(COC)nc4)ncn3)SC)ccc(F)c12. The molecule has 186 valence electrons. The van der Waals surface area contributed by atoms with Crippen LogP contribution in [0.2, 0.25) is 0 Å². The molecule has 0 saturated heterocycles. The van der Waals surface area contributed by atoms with Gasteiger partial charge < -0.3 is 15.4 Å². The average molecular weight is 508 g/mol. The maximum absolute atomic E-state index is 14.7. The molecule has 0 fully saturated rings. The van der Waals surface area contributed by atoms with Crippen LogP contribution in [0.25, 0.3) is 22.2 Å². The van der Waals surface area contributed by atoms with Crippen LogP contribution in [-0.4, -0.2) is 63.0 Å². The highest BCUT2D eigenvalue weighted by Crippen LogP contribution is 2.27. The lowest BCUT2D eigenvalue weighted by Gasteiger charge is -2.17. The Balaban J connectivity index is 1.50. The summed E-state index contributed by atoms with van der Waals surface area (Å²) in [6, 6.07) is 6.51. The number of carbonyl (C=O) groups is 1. The lowest BCUT2D eigenvalue weighted by atomic mass is 10.0. The molecule has 2 N–H and O–H groups in total. The van der Waals surface area contributed by atoms with E-state index in [1.807, 2.05) is 12.3 Å². The smallest absolute Gasteiger partial charge is 0.251 e. The number of benzene rings is 1. The molecule has 3 aromatic heterocycles. The number of amides is 1. The van der Waals surface area contributed by atoms with Crippen LogP contribution < -0.4 is 10.6 Å². The van der Waals surface area contributed by atoms with E-state index in [0.717, 1.165) is 11.1 Å². The molecule has 36 heavy (non-hydrogen) atoms. The standard InChI is InChI=1S/C25H26FN7O2S/c1-27-25(34)18-6-7-28-24-15(4-5-19(26)23(18)24)8-17(36-3)12-31-21-9-20(32-14-33-21)16-10-29-22(13-35-2)30-11-16/h4-7,9-11,14,17H,8,12-13H2,1-3H3,(H,27,34)(H,31,32,33). The third-order valence-corrected chi connectivity index (χ3v) is 6.63. The van der Waals surface area contributed by atoms with Crippen LogP contribution in [0.5, 0.6) is 0 Å². The van der Waals surface area contributed by atoms with E-state index in [4.69, 9.17) is 4.74 Å². The molecular weight excluding hydrogens is 481 g/mol. The van der Waals surface area contributed by atoms with Crippen molar-refractivity contribution in [1.82, 2.24) is 30.2 Å². The summed E-state index contributed by atoms with van der Waals surface area (Å²) in [6.45, 7) is 0.952. The Bertz CT molecular complexity index is 1350. The number of carbonyl (C=O) groups excluding carboxylic acids is 1. The maximum Gasteiger partial charge on any atom is 0.251 e. The average Bonchev–Trinajstić information content (AvgIpc) is 2.92. The van der Waals surface area contributed by atoms with Gasteiger partial charge >= 0.3 is 0 Å². The number of methoxy groups -OCH3 is 1. The van der Waals surface area contributed by atoms with E-state index in [1.165, 1.54) is 31.7 Å². The van der Waals surface area contributed by atoms with Crippen molar-refractivity contribution < 1.29 is 13.9 Å². The molecule has 11 heteroatoms. The Labute approximate surface area is 212 Å². The van der Waals surface area contributed by atoms with Crippen LogP contribution in [0, 0.1) is 5.82 Å². The van der Waals surface area contributed by atoms with Gasteiger partial charge in [0.1, 0.15) is 24.6 Å². The van der Waals surface area contributed by atoms with E-state index in [9.17, 15) is 9.18 Å². The predicted octanol–water partition coefficient (Wildman–Crippen LogP) is 3.51. The minimum absolute atomic E-state index is 0.138. The third-order valence-electron chi connectivity index (χ3n) is 5.63. The fourth-order valence-electron chi connectivity index (χ4n) is 3.78. The van der Waals surface area contributed by atoms with Gasteiger partial charge in [-0.05, 0) is 30.4 Å². The molecule has 0 aliphatic heterocycles. The topological polar surface area (TPSA) is 115 Å². The second-order valence-corrected chi connectivity index (χ2v) is 9.06. The quantitative estimate of drug-likeness (QED) is 0.333. The Morgan fingerprint density at radius 1 is 1.14 bits per heavy atom. The highest BCUT2D eigenvalue weighted by molar-refractivity contribution is 7.99. The molecule has 0 spiro atoms. The van der Waals surface area contributed by atoms with Crippen molar-refractivity contribution in [2.75, 3.05) is 32.3 Å². The number of thioether (sulfide) groups is 1. The summed E-state index contributed by atoms with van der Waals surface area (Å²) >= 11 is 1.68. The minimum Gasteiger partial charge on any atom is -0.377 e. The number of pyridine rings is 1. The zero-order chi connectivity index (χ0) is 25.5. The summed E-state index contributed by atoms with van der Waals surface area (Å²) in [5.74, 6) is 0.456. The van der Waals surface area contributed by atoms with Gasteiger partial charge in [-0.1, -0.05) is 6.07 Å². The van der Waals surface area contributed by atoms with Gasteiger partial charge in [0.25, 0.3) is 5.91 Å². The van der Waals surface area contributed by atoms with Gasteiger partial charge in [-0.3, -0.25) is 9.78 Å². The van der Waals surface area contributed by atoms with Gasteiger partial charge in [-0.25, -0.2) is 24.3 Å². The Morgan fingerprint density at radius 3 is 2.67 bits per heavy atom. The predicted molar refractivity (Wildman–Crippen MR) is 138 cm³/mol. The summed E-state index contributed by atoms with van der Waals surface area (Å²) in [6.07, 6.45) is 9.09. The van der Waals surface area contributed by atoms with Crippen LogP contribution in [-0.2, 0) is 17.8 Å². The zero-order valence-electron chi connectivity index (χ0n) is 20.2. The molecule has 1 amide bonds. The normalized spacial score (nSPS) is 11.9. The second kappa shape index (κ2) is 11.8. The van der Waals surface area contributed by atoms with E-state index in [0.29, 0.717) is 42.4 Å². The van der Waals surface area contributed by atoms with Crippen molar-refractivity contribution in [1.29, 1.82) is 0 Å². The Kier molecular flexibility index (Phi) is 8.34. The number of anilines is 1. The number of nitrogens with one attached hydrogen (secondary N) is 2. The Morgan fingerprint density at radius 2 is 1.94 bits per heavy atom. The van der Waals surface area contributed by atoms with Crippen molar-refractivity contribution in [3.05, 3.63) is 72.0 Å². The van der Waals surface area contributed by atoms with E-state index in [1.54, 1.807) is 37.3 Å². The van der Waals surface area contributed by atoms with Crippen LogP contribution in [0.15, 0.2) is 49.2 Å². The number of hydrogen-bond donors (Lipinski definition) is 2. The lowest BCUT2D eigenvalue weighted by Crippen LogP contribution is -2.21. The second-order valence-electron chi connectivity index (χ2n) is 7.92. The number of hydrogen-bond acceptors (Lipinski definition) is 9. The van der Waals surface area contributed by atoms with Gasteiger partial charge in [-0.15, -0.1) is 0 Å². The fraction of sp³-hybridized carbons (Fsp3) is 0.280. The molecule has 0 aliphatic carbocycles. The van der Waals surface area contributed by atoms with E-state index < -0.39 is 5.82 Å². The molecule has 0 saturated carbocycles. The molecule has 0 radical (unpaired) electrons. The third kappa shape index (κ3) is 5.74. The van der Waals surface area contributed by atoms with Crippen molar-refractivity contribution >= 4 is 34.4 Å². The summed E-state index contributed by atoms with van der Waals surface area (Å²) < 4.78 is 19.7. The highest BCUT2D eigenvalue weighted by atomic mass is 32.2. The molecule has 4 rings (SSSR count). The highest BCUT2D eigenvalue weighted by Gasteiger charge is 2.18. The molecule has 1 unspecified atom stereocenters. The number of rotatable bonds is 10. The van der Waals surface area contributed by atoms with Gasteiger partial charge in [0, 0.05) is 61.6 Å². The van der Waals surface area contributed by atoms with Gasteiger partial charge in [-0.2, -0.15) is 11.8 Å². The Hall–Kier alpha value is -3.70. The van der Waals surface area contributed by atoms with E-state index >= 15 is 0 Å². The molecule has 9 nitrogen and oxygen atoms in total. The summed E-state index contributed by atoms with van der Waals surface area (Å²) in [5, 5.41) is 6.30. The summed E-state index contributed by atoms with van der Waals surface area (Å²) in [5.41, 5.74) is 3.12. The number of halogens is 1. The van der Waals surface area contributed by atoms with Crippen molar-refractivity contribution in [3.63, 3.8) is 0 Å². The first-order valence-electron chi connectivity index (χ1n) is 11.2. The lowest BCUT2D eigenvalue weighted by molar-refractivity contribution is 0.0964. The zero-order valence-corrected chi connectivity index (χ0v) is 21.0. The largest absolute Gasteiger partial charge is 0.377 e. The molecule has 3 heterocycles. The van der Waals surface area contributed by atoms with Gasteiger partial charge in [0.15, 0.2) is 5.82 Å². The maximum atomic E-state index is 14.7. The number of aromatic nitrogens is 5. The molecule has 0 aliphatic rings. The van der Waals surface area contributed by atoms with Crippen LogP contribution >= 0.6 is 11.8 Å². The van der Waals surface area contributed by atoms with Gasteiger partial charge in [0.2, 0.25) is 0 Å². The summed E-state index contributed by atoms with van der Waals surface area (Å²) in [4.78, 5) is 33.9. The fourth-order valence-corrected chi connectivity index (χ4v) is 4.37. The van der Waals surface area contributed by atoms with Crippen LogP contribution in [0.4, 0.5) is 10.2 Å². The first-order chi connectivity index (χ1) is 17.5. The number of nitrogens with zero attached hydrogens (tertiary/aromatic N) is 5. The van der Waals surface area contributed by atoms with Crippen molar-refractivity contribution in [2.24, 2.45) is 0 Å². The van der Waals surface area contributed by atoms with Gasteiger partial charge in [0.05, 0.1) is 16.8 Å². The van der Waals surface area contributed by atoms with Crippen molar-refractivity contribution in [2.45, 2.75) is 18.3 Å². The molecular formula is C25H26FN7O2S. The summed E-state index contributed by atoms with van der Waals surface area (Å²) in [7, 11) is 3.12.